The topological polar surface area (TPSA) is 122 Å². The molecule has 0 saturated carbocycles. The van der Waals surface area contributed by atoms with Crippen molar-refractivity contribution in [2.75, 3.05) is 5.43 Å². The van der Waals surface area contributed by atoms with Crippen LogP contribution in [0.5, 0.6) is 0 Å². The van der Waals surface area contributed by atoms with Gasteiger partial charge in [-0.3, -0.25) is 5.84 Å². The van der Waals surface area contributed by atoms with E-state index in [1.54, 1.807) is 20.8 Å². The van der Waals surface area contributed by atoms with E-state index in [4.69, 9.17) is 10.9 Å². The van der Waals surface area contributed by atoms with Crippen molar-refractivity contribution in [1.29, 1.82) is 0 Å². The quantitative estimate of drug-likeness (QED) is 0.479. The van der Waals surface area contributed by atoms with Gasteiger partial charge in [-0.15, -0.1) is 0 Å². The van der Waals surface area contributed by atoms with Crippen molar-refractivity contribution in [3.05, 3.63) is 23.8 Å². The maximum absolute atomic E-state index is 12.2. The number of nitrogens with one attached hydrogen (secondary N) is 2. The molecule has 0 heterocycles. The number of carboxylic acids is 1. The molecule has 106 valence electrons. The summed E-state index contributed by atoms with van der Waals surface area (Å²) < 4.78 is 26.8. The van der Waals surface area contributed by atoms with E-state index in [9.17, 15) is 13.2 Å². The van der Waals surface area contributed by atoms with Gasteiger partial charge in [-0.05, 0) is 39.0 Å². The minimum atomic E-state index is -3.95. The predicted molar refractivity (Wildman–Crippen MR) is 71.3 cm³/mol. The Bertz CT molecular complexity index is 590. The largest absolute Gasteiger partial charge is 0.478 e. The average Bonchev–Trinajstić information content (AvgIpc) is 2.24. The summed E-state index contributed by atoms with van der Waals surface area (Å²) in [5.74, 6) is 3.88. The zero-order valence-corrected chi connectivity index (χ0v) is 11.7. The summed E-state index contributed by atoms with van der Waals surface area (Å²) in [6, 6.07) is 3.76. The van der Waals surface area contributed by atoms with Crippen molar-refractivity contribution < 1.29 is 18.3 Å². The minimum Gasteiger partial charge on any atom is -0.478 e. The van der Waals surface area contributed by atoms with Crippen molar-refractivity contribution >= 4 is 21.7 Å². The van der Waals surface area contributed by atoms with Crippen LogP contribution in [0.1, 0.15) is 31.1 Å². The van der Waals surface area contributed by atoms with E-state index < -0.39 is 21.5 Å². The SMILES string of the molecule is CC(C)(C)NS(=O)(=O)c1cc(NN)ccc1C(=O)O. The van der Waals surface area contributed by atoms with Gasteiger partial charge in [0.25, 0.3) is 0 Å². The lowest BCUT2D eigenvalue weighted by Crippen LogP contribution is -2.41. The van der Waals surface area contributed by atoms with Crippen LogP contribution in [0.2, 0.25) is 0 Å². The number of aromatic carboxylic acids is 1. The highest BCUT2D eigenvalue weighted by atomic mass is 32.2. The van der Waals surface area contributed by atoms with E-state index in [0.717, 1.165) is 0 Å². The minimum absolute atomic E-state index is 0.305. The standard InChI is InChI=1S/C11H17N3O4S/c1-11(2,3)14-19(17,18)9-6-7(13-12)4-5-8(9)10(15)16/h4-6,13-14H,12H2,1-3H3,(H,15,16). The zero-order chi connectivity index (χ0) is 14.8. The van der Waals surface area contributed by atoms with Crippen LogP contribution in [0.25, 0.3) is 0 Å². The summed E-state index contributed by atoms with van der Waals surface area (Å²) in [4.78, 5) is 10.8. The van der Waals surface area contributed by atoms with Gasteiger partial charge in [-0.1, -0.05) is 0 Å². The monoisotopic (exact) mass is 287 g/mol. The van der Waals surface area contributed by atoms with E-state index in [-0.39, 0.29) is 10.5 Å². The molecule has 0 aliphatic heterocycles. The van der Waals surface area contributed by atoms with E-state index in [0.29, 0.717) is 5.69 Å². The van der Waals surface area contributed by atoms with Gasteiger partial charge in [-0.2, -0.15) is 0 Å². The molecule has 1 aromatic rings. The molecule has 0 radical (unpaired) electrons. The number of anilines is 1. The Morgan fingerprint density at radius 2 is 1.89 bits per heavy atom. The second-order valence-corrected chi connectivity index (χ2v) is 6.67. The highest BCUT2D eigenvalue weighted by Gasteiger charge is 2.27. The van der Waals surface area contributed by atoms with E-state index >= 15 is 0 Å². The van der Waals surface area contributed by atoms with E-state index in [1.807, 2.05) is 0 Å². The summed E-state index contributed by atoms with van der Waals surface area (Å²) in [7, 11) is -3.95. The summed E-state index contributed by atoms with van der Waals surface area (Å²) >= 11 is 0. The number of carboxylic acid groups (broad SMARTS) is 1. The lowest BCUT2D eigenvalue weighted by molar-refractivity contribution is 0.0692. The number of hydrogen-bond donors (Lipinski definition) is 4. The Hall–Kier alpha value is -1.64. The number of hydrogen-bond acceptors (Lipinski definition) is 5. The van der Waals surface area contributed by atoms with Gasteiger partial charge in [-0.25, -0.2) is 17.9 Å². The van der Waals surface area contributed by atoms with Crippen LogP contribution in [0.15, 0.2) is 23.1 Å². The second-order valence-electron chi connectivity index (χ2n) is 5.02. The van der Waals surface area contributed by atoms with Gasteiger partial charge in [0.2, 0.25) is 10.0 Å². The third-order valence-corrected chi connectivity index (χ3v) is 3.91. The average molecular weight is 287 g/mol. The molecule has 0 amide bonds. The first kappa shape index (κ1) is 15.4. The van der Waals surface area contributed by atoms with Crippen molar-refractivity contribution in [3.63, 3.8) is 0 Å². The van der Waals surface area contributed by atoms with Crippen molar-refractivity contribution in [3.8, 4) is 0 Å². The Balaban J connectivity index is 3.42. The lowest BCUT2D eigenvalue weighted by Gasteiger charge is -2.21. The van der Waals surface area contributed by atoms with Gasteiger partial charge in [0.1, 0.15) is 0 Å². The van der Waals surface area contributed by atoms with E-state index in [1.165, 1.54) is 18.2 Å². The molecule has 0 aliphatic carbocycles. The molecule has 0 fully saturated rings. The Labute approximate surface area is 111 Å². The van der Waals surface area contributed by atoms with Gasteiger partial charge in [0.15, 0.2) is 0 Å². The second kappa shape index (κ2) is 5.16. The molecule has 0 unspecified atom stereocenters. The molecule has 0 spiro atoms. The first-order valence-electron chi connectivity index (χ1n) is 5.45. The number of hydrazine groups is 1. The summed E-state index contributed by atoms with van der Waals surface area (Å²) in [6.07, 6.45) is 0. The summed E-state index contributed by atoms with van der Waals surface area (Å²) in [5.41, 5.74) is 1.56. The zero-order valence-electron chi connectivity index (χ0n) is 10.9. The molecule has 0 atom stereocenters. The molecule has 5 N–H and O–H groups in total. The number of nitrogen functional groups attached to an aromatic ring is 1. The number of carbonyl (C=O) groups is 1. The van der Waals surface area contributed by atoms with Crippen LogP contribution in [-0.2, 0) is 10.0 Å². The smallest absolute Gasteiger partial charge is 0.337 e. The fourth-order valence-electron chi connectivity index (χ4n) is 1.47. The first-order valence-corrected chi connectivity index (χ1v) is 6.93. The Morgan fingerprint density at radius 1 is 1.32 bits per heavy atom. The van der Waals surface area contributed by atoms with Crippen LogP contribution < -0.4 is 16.0 Å². The van der Waals surface area contributed by atoms with E-state index in [2.05, 4.69) is 10.1 Å². The molecule has 0 bridgehead atoms. The first-order chi connectivity index (χ1) is 8.57. The van der Waals surface area contributed by atoms with Crippen molar-refractivity contribution in [2.45, 2.75) is 31.2 Å². The van der Waals surface area contributed by atoms with Crippen LogP contribution in [0, 0.1) is 0 Å². The van der Waals surface area contributed by atoms with Gasteiger partial charge in [0.05, 0.1) is 10.5 Å². The molecule has 8 heteroatoms. The van der Waals surface area contributed by atoms with Crippen LogP contribution >= 0.6 is 0 Å². The lowest BCUT2D eigenvalue weighted by atomic mass is 10.1. The van der Waals surface area contributed by atoms with Crippen molar-refractivity contribution in [1.82, 2.24) is 4.72 Å². The summed E-state index contributed by atoms with van der Waals surface area (Å²) in [5, 5.41) is 9.05. The molecule has 7 nitrogen and oxygen atoms in total. The molecular weight excluding hydrogens is 270 g/mol. The number of rotatable bonds is 4. The van der Waals surface area contributed by atoms with Gasteiger partial charge >= 0.3 is 5.97 Å². The van der Waals surface area contributed by atoms with Crippen LogP contribution in [-0.4, -0.2) is 25.0 Å². The normalized spacial score (nSPS) is 12.2. The maximum atomic E-state index is 12.2. The highest BCUT2D eigenvalue weighted by Crippen LogP contribution is 2.22. The fraction of sp³-hybridized carbons (Fsp3) is 0.364. The fourth-order valence-corrected chi connectivity index (χ4v) is 3.11. The van der Waals surface area contributed by atoms with Crippen LogP contribution in [0.3, 0.4) is 0 Å². The molecule has 0 aliphatic rings. The Kier molecular flexibility index (Phi) is 4.18. The van der Waals surface area contributed by atoms with Crippen molar-refractivity contribution in [2.24, 2.45) is 5.84 Å². The van der Waals surface area contributed by atoms with Gasteiger partial charge in [0, 0.05) is 11.2 Å². The molecule has 0 saturated heterocycles. The molecular formula is C11H17N3O4S. The molecule has 0 aromatic heterocycles. The number of nitrogens with two attached hydrogens (primary N) is 1. The molecule has 19 heavy (non-hydrogen) atoms. The Morgan fingerprint density at radius 3 is 2.32 bits per heavy atom. The van der Waals surface area contributed by atoms with Crippen LogP contribution in [0.4, 0.5) is 5.69 Å². The summed E-state index contributed by atoms with van der Waals surface area (Å²) in [6.45, 7) is 4.99. The maximum Gasteiger partial charge on any atom is 0.337 e. The number of benzene rings is 1. The molecule has 1 aromatic carbocycles. The predicted octanol–water partition coefficient (Wildman–Crippen LogP) is 0.747. The number of sulfonamides is 1. The van der Waals surface area contributed by atoms with Gasteiger partial charge < -0.3 is 10.5 Å². The highest BCUT2D eigenvalue weighted by molar-refractivity contribution is 7.89. The molecule has 1 rings (SSSR count). The third kappa shape index (κ3) is 3.91. The third-order valence-electron chi connectivity index (χ3n) is 2.11.